The van der Waals surface area contributed by atoms with Crippen molar-refractivity contribution in [2.45, 2.75) is 30.7 Å². The Morgan fingerprint density at radius 3 is 2.88 bits per heavy atom. The number of rotatable bonds is 7. The molecule has 1 fully saturated rings. The van der Waals surface area contributed by atoms with Crippen LogP contribution >= 0.6 is 11.3 Å². The van der Waals surface area contributed by atoms with Crippen molar-refractivity contribution in [3.8, 4) is 0 Å². The molecule has 1 aliphatic carbocycles. The molecule has 17 heavy (non-hydrogen) atoms. The molecule has 0 radical (unpaired) electrons. The highest BCUT2D eigenvalue weighted by Crippen LogP contribution is 2.31. The Morgan fingerprint density at radius 1 is 1.47 bits per heavy atom. The largest absolute Gasteiger partial charge is 0.315 e. The van der Waals surface area contributed by atoms with Crippen molar-refractivity contribution in [3.05, 3.63) is 16.3 Å². The maximum Gasteiger partial charge on any atom is 0.241 e. The van der Waals surface area contributed by atoms with E-state index < -0.39 is 10.0 Å². The van der Waals surface area contributed by atoms with Gasteiger partial charge in [0, 0.05) is 23.3 Å². The number of thiophene rings is 1. The van der Waals surface area contributed by atoms with Crippen LogP contribution in [-0.2, 0) is 16.6 Å². The normalized spacial score (nSPS) is 16.3. The molecule has 0 atom stereocenters. The smallest absolute Gasteiger partial charge is 0.241 e. The predicted octanol–water partition coefficient (Wildman–Crippen LogP) is 1.55. The summed E-state index contributed by atoms with van der Waals surface area (Å²) in [6.45, 7) is 1.27. The van der Waals surface area contributed by atoms with E-state index in [9.17, 15) is 8.42 Å². The van der Waals surface area contributed by atoms with Crippen LogP contribution in [0, 0.1) is 5.92 Å². The highest BCUT2D eigenvalue weighted by molar-refractivity contribution is 7.89. The van der Waals surface area contributed by atoms with Gasteiger partial charge in [-0.1, -0.05) is 12.8 Å². The zero-order chi connectivity index (χ0) is 12.3. The van der Waals surface area contributed by atoms with Crippen LogP contribution in [-0.4, -0.2) is 22.0 Å². The minimum Gasteiger partial charge on any atom is -0.315 e. The van der Waals surface area contributed by atoms with Crippen LogP contribution in [0.1, 0.15) is 24.1 Å². The topological polar surface area (TPSA) is 58.2 Å². The second-order valence-electron chi connectivity index (χ2n) is 4.41. The summed E-state index contributed by atoms with van der Waals surface area (Å²) in [4.78, 5) is 1.43. The molecule has 1 aromatic heterocycles. The first-order chi connectivity index (χ1) is 8.12. The highest BCUT2D eigenvalue weighted by atomic mass is 32.2. The summed E-state index contributed by atoms with van der Waals surface area (Å²) >= 11 is 1.47. The molecular formula is C11H18N2O2S2. The van der Waals surface area contributed by atoms with Crippen LogP contribution in [0.25, 0.3) is 0 Å². The third kappa shape index (κ3) is 3.77. The monoisotopic (exact) mass is 274 g/mol. The lowest BCUT2D eigenvalue weighted by atomic mass is 10.3. The molecule has 0 saturated heterocycles. The lowest BCUT2D eigenvalue weighted by Gasteiger charge is -2.03. The molecular weight excluding hydrogens is 256 g/mol. The molecule has 0 bridgehead atoms. The Morgan fingerprint density at radius 2 is 2.24 bits per heavy atom. The summed E-state index contributed by atoms with van der Waals surface area (Å²) < 4.78 is 26.5. The zero-order valence-corrected chi connectivity index (χ0v) is 11.5. The van der Waals surface area contributed by atoms with Gasteiger partial charge in [-0.25, -0.2) is 13.1 Å². The van der Waals surface area contributed by atoms with Gasteiger partial charge in [0.2, 0.25) is 10.0 Å². The number of hydrogen-bond acceptors (Lipinski definition) is 4. The molecule has 0 aliphatic heterocycles. The van der Waals surface area contributed by atoms with Gasteiger partial charge in [0.1, 0.15) is 0 Å². The third-order valence-corrected chi connectivity index (χ3v) is 5.36. The van der Waals surface area contributed by atoms with Gasteiger partial charge in [-0.15, -0.1) is 11.3 Å². The lowest BCUT2D eigenvalue weighted by molar-refractivity contribution is 0.575. The summed E-state index contributed by atoms with van der Waals surface area (Å²) in [6.07, 6.45) is 3.48. The molecule has 0 aromatic carbocycles. The highest BCUT2D eigenvalue weighted by Gasteiger charge is 2.22. The van der Waals surface area contributed by atoms with E-state index in [1.807, 2.05) is 7.05 Å². The van der Waals surface area contributed by atoms with E-state index in [1.54, 1.807) is 11.4 Å². The van der Waals surface area contributed by atoms with Crippen LogP contribution in [0.4, 0.5) is 0 Å². The van der Waals surface area contributed by atoms with Gasteiger partial charge >= 0.3 is 0 Å². The van der Waals surface area contributed by atoms with Crippen molar-refractivity contribution in [1.82, 2.24) is 10.0 Å². The van der Waals surface area contributed by atoms with Crippen molar-refractivity contribution < 1.29 is 8.42 Å². The zero-order valence-electron chi connectivity index (χ0n) is 9.90. The van der Waals surface area contributed by atoms with E-state index >= 15 is 0 Å². The van der Waals surface area contributed by atoms with E-state index in [2.05, 4.69) is 10.0 Å². The van der Waals surface area contributed by atoms with Crippen molar-refractivity contribution in [1.29, 1.82) is 0 Å². The molecule has 1 aliphatic rings. The molecule has 6 heteroatoms. The van der Waals surface area contributed by atoms with Crippen LogP contribution in [0.3, 0.4) is 0 Å². The first kappa shape index (κ1) is 13.0. The standard InChI is InChI=1S/C11H18N2O2S2/c1-12-7-10-6-11(8-16-10)17(14,15)13-5-4-9-2-3-9/h6,8-9,12-13H,2-5,7H2,1H3. The third-order valence-electron chi connectivity index (χ3n) is 2.83. The Balaban J connectivity index is 1.92. The van der Waals surface area contributed by atoms with Crippen molar-refractivity contribution in [2.75, 3.05) is 13.6 Å². The Hall–Kier alpha value is -0.430. The summed E-state index contributed by atoms with van der Waals surface area (Å²) in [5, 5.41) is 4.71. The molecule has 0 amide bonds. The van der Waals surface area contributed by atoms with Crippen LogP contribution in [0.5, 0.6) is 0 Å². The summed E-state index contributed by atoms with van der Waals surface area (Å²) in [6, 6.07) is 1.74. The molecule has 0 unspecified atom stereocenters. The van der Waals surface area contributed by atoms with E-state index in [0.717, 1.165) is 17.2 Å². The Kier molecular flexibility index (Phi) is 4.19. The van der Waals surface area contributed by atoms with Gasteiger partial charge in [0.05, 0.1) is 4.90 Å². The molecule has 96 valence electrons. The quantitative estimate of drug-likeness (QED) is 0.793. The molecule has 2 N–H and O–H groups in total. The molecule has 0 spiro atoms. The maximum atomic E-state index is 11.9. The minimum absolute atomic E-state index is 0.392. The molecule has 1 heterocycles. The van der Waals surface area contributed by atoms with Crippen molar-refractivity contribution in [2.24, 2.45) is 5.92 Å². The minimum atomic E-state index is -3.29. The average Bonchev–Trinajstić information content (AvgIpc) is 2.96. The maximum absolute atomic E-state index is 11.9. The Bertz CT molecular complexity index is 464. The molecule has 4 nitrogen and oxygen atoms in total. The summed E-state index contributed by atoms with van der Waals surface area (Å²) in [5.74, 6) is 0.750. The Labute approximate surface area is 106 Å². The van der Waals surface area contributed by atoms with Crippen LogP contribution < -0.4 is 10.0 Å². The fourth-order valence-electron chi connectivity index (χ4n) is 1.66. The van der Waals surface area contributed by atoms with E-state index in [-0.39, 0.29) is 0 Å². The predicted molar refractivity (Wildman–Crippen MR) is 69.6 cm³/mol. The first-order valence-electron chi connectivity index (χ1n) is 5.83. The molecule has 1 aromatic rings. The van der Waals surface area contributed by atoms with Gasteiger partial charge in [-0.2, -0.15) is 0 Å². The van der Waals surface area contributed by atoms with Gasteiger partial charge < -0.3 is 5.32 Å². The van der Waals surface area contributed by atoms with Crippen LogP contribution in [0.2, 0.25) is 0 Å². The van der Waals surface area contributed by atoms with Crippen molar-refractivity contribution in [3.63, 3.8) is 0 Å². The van der Waals surface area contributed by atoms with Gasteiger partial charge in [-0.3, -0.25) is 0 Å². The van der Waals surface area contributed by atoms with Crippen LogP contribution in [0.15, 0.2) is 16.3 Å². The molecule has 1 saturated carbocycles. The fourth-order valence-corrected chi connectivity index (χ4v) is 3.99. The molecule has 2 rings (SSSR count). The van der Waals surface area contributed by atoms with E-state index in [4.69, 9.17) is 0 Å². The SMILES string of the molecule is CNCc1cc(S(=O)(=O)NCCC2CC2)cs1. The number of hydrogen-bond donors (Lipinski definition) is 2. The second-order valence-corrected chi connectivity index (χ2v) is 7.17. The van der Waals surface area contributed by atoms with Crippen molar-refractivity contribution >= 4 is 21.4 Å². The summed E-state index contributed by atoms with van der Waals surface area (Å²) in [7, 11) is -1.44. The van der Waals surface area contributed by atoms with Gasteiger partial charge in [-0.05, 0) is 25.5 Å². The lowest BCUT2D eigenvalue weighted by Crippen LogP contribution is -2.24. The van der Waals surface area contributed by atoms with Gasteiger partial charge in [0.15, 0.2) is 0 Å². The van der Waals surface area contributed by atoms with E-state index in [0.29, 0.717) is 18.0 Å². The van der Waals surface area contributed by atoms with E-state index in [1.165, 1.54) is 24.2 Å². The average molecular weight is 274 g/mol. The summed E-state index contributed by atoms with van der Waals surface area (Å²) in [5.41, 5.74) is 0. The first-order valence-corrected chi connectivity index (χ1v) is 8.20. The second kappa shape index (κ2) is 5.48. The fraction of sp³-hybridized carbons (Fsp3) is 0.636. The number of nitrogens with one attached hydrogen (secondary N) is 2. The number of sulfonamides is 1. The van der Waals surface area contributed by atoms with Gasteiger partial charge in [0.25, 0.3) is 0 Å².